The lowest BCUT2D eigenvalue weighted by molar-refractivity contribution is -0.123. The second-order valence-electron chi connectivity index (χ2n) is 5.23. The van der Waals surface area contributed by atoms with Crippen LogP contribution >= 0.6 is 0 Å². The van der Waals surface area contributed by atoms with Crippen LogP contribution in [0, 0.1) is 5.92 Å². The smallest absolute Gasteiger partial charge is 0.222 e. The molecule has 0 aliphatic rings. The van der Waals surface area contributed by atoms with E-state index in [1.807, 2.05) is 38.1 Å². The molecule has 0 fully saturated rings. The Bertz CT molecular complexity index is 401. The Morgan fingerprint density at radius 1 is 1.25 bits per heavy atom. The van der Waals surface area contributed by atoms with Crippen LogP contribution in [0.5, 0.6) is 5.75 Å². The van der Waals surface area contributed by atoms with Crippen LogP contribution in [-0.4, -0.2) is 24.7 Å². The van der Waals surface area contributed by atoms with Gasteiger partial charge in [0.2, 0.25) is 5.91 Å². The summed E-state index contributed by atoms with van der Waals surface area (Å²) in [6.07, 6.45) is 2.00. The molecular formula is C16H25NO3. The lowest BCUT2D eigenvalue weighted by Gasteiger charge is -2.12. The van der Waals surface area contributed by atoms with Crippen molar-refractivity contribution < 1.29 is 14.6 Å². The van der Waals surface area contributed by atoms with Crippen molar-refractivity contribution in [3.05, 3.63) is 29.8 Å². The van der Waals surface area contributed by atoms with Gasteiger partial charge in [-0.05, 0) is 37.0 Å². The molecule has 20 heavy (non-hydrogen) atoms. The van der Waals surface area contributed by atoms with Crippen molar-refractivity contribution in [3.8, 4) is 5.75 Å². The maximum atomic E-state index is 11.3. The fourth-order valence-electron chi connectivity index (χ4n) is 1.87. The Hall–Kier alpha value is -1.55. The van der Waals surface area contributed by atoms with Crippen molar-refractivity contribution in [1.29, 1.82) is 0 Å². The van der Waals surface area contributed by atoms with Crippen molar-refractivity contribution >= 4 is 5.91 Å². The van der Waals surface area contributed by atoms with Crippen LogP contribution in [0.15, 0.2) is 24.3 Å². The number of hydrogen-bond acceptors (Lipinski definition) is 3. The highest BCUT2D eigenvalue weighted by Gasteiger charge is 2.08. The average molecular weight is 279 g/mol. The van der Waals surface area contributed by atoms with E-state index in [-0.39, 0.29) is 11.8 Å². The first-order chi connectivity index (χ1) is 9.54. The Kier molecular flexibility index (Phi) is 7.09. The summed E-state index contributed by atoms with van der Waals surface area (Å²) in [6, 6.07) is 7.46. The van der Waals surface area contributed by atoms with Crippen molar-refractivity contribution in [2.75, 3.05) is 13.7 Å². The molecule has 1 aromatic rings. The molecule has 1 rings (SSSR count). The molecule has 0 bridgehead atoms. The van der Waals surface area contributed by atoms with Crippen molar-refractivity contribution in [3.63, 3.8) is 0 Å². The van der Waals surface area contributed by atoms with Crippen LogP contribution in [-0.2, 0) is 4.79 Å². The highest BCUT2D eigenvalue weighted by molar-refractivity contribution is 5.77. The van der Waals surface area contributed by atoms with E-state index in [0.717, 1.165) is 24.2 Å². The van der Waals surface area contributed by atoms with E-state index in [1.165, 1.54) is 0 Å². The molecule has 0 saturated carbocycles. The molecule has 0 saturated heterocycles. The van der Waals surface area contributed by atoms with E-state index < -0.39 is 6.10 Å². The lowest BCUT2D eigenvalue weighted by Crippen LogP contribution is -2.28. The summed E-state index contributed by atoms with van der Waals surface area (Å²) >= 11 is 0. The van der Waals surface area contributed by atoms with Crippen LogP contribution in [0.2, 0.25) is 0 Å². The van der Waals surface area contributed by atoms with Gasteiger partial charge in [-0.3, -0.25) is 4.79 Å². The number of hydrogen-bond donors (Lipinski definition) is 2. The number of aliphatic hydroxyl groups is 1. The molecule has 112 valence electrons. The number of methoxy groups -OCH3 is 1. The topological polar surface area (TPSA) is 58.6 Å². The van der Waals surface area contributed by atoms with Crippen LogP contribution in [0.25, 0.3) is 0 Å². The molecule has 4 nitrogen and oxygen atoms in total. The van der Waals surface area contributed by atoms with Gasteiger partial charge in [0.25, 0.3) is 0 Å². The molecule has 0 aliphatic carbocycles. The quantitative estimate of drug-likeness (QED) is 0.719. The predicted octanol–water partition coefficient (Wildman–Crippen LogP) is 2.67. The van der Waals surface area contributed by atoms with Gasteiger partial charge in [0.05, 0.1) is 13.2 Å². The van der Waals surface area contributed by atoms with Gasteiger partial charge in [-0.1, -0.05) is 26.0 Å². The minimum atomic E-state index is -0.457. The van der Waals surface area contributed by atoms with Gasteiger partial charge in [-0.25, -0.2) is 0 Å². The molecule has 1 unspecified atom stereocenters. The Morgan fingerprint density at radius 2 is 1.90 bits per heavy atom. The lowest BCUT2D eigenvalue weighted by atomic mass is 10.0. The molecular weight excluding hydrogens is 254 g/mol. The van der Waals surface area contributed by atoms with Gasteiger partial charge in [0.15, 0.2) is 0 Å². The largest absolute Gasteiger partial charge is 0.497 e. The average Bonchev–Trinajstić information content (AvgIpc) is 2.46. The summed E-state index contributed by atoms with van der Waals surface area (Å²) in [5.41, 5.74) is 0.900. The minimum absolute atomic E-state index is 0.0277. The fourth-order valence-corrected chi connectivity index (χ4v) is 1.87. The fraction of sp³-hybridized carbons (Fsp3) is 0.562. The van der Waals surface area contributed by atoms with Gasteiger partial charge >= 0.3 is 0 Å². The van der Waals surface area contributed by atoms with E-state index in [4.69, 9.17) is 4.74 Å². The first-order valence-corrected chi connectivity index (χ1v) is 7.14. The second-order valence-corrected chi connectivity index (χ2v) is 5.23. The first-order valence-electron chi connectivity index (χ1n) is 7.14. The normalized spacial score (nSPS) is 12.2. The monoisotopic (exact) mass is 279 g/mol. The molecule has 0 radical (unpaired) electrons. The van der Waals surface area contributed by atoms with E-state index in [2.05, 4.69) is 5.32 Å². The molecule has 1 amide bonds. The zero-order chi connectivity index (χ0) is 15.0. The molecule has 1 atom stereocenters. The SMILES string of the molecule is COc1ccc(C(O)CCCCNC(=O)C(C)C)cc1. The zero-order valence-electron chi connectivity index (χ0n) is 12.6. The van der Waals surface area contributed by atoms with E-state index in [1.54, 1.807) is 7.11 Å². The summed E-state index contributed by atoms with van der Waals surface area (Å²) in [4.78, 5) is 11.3. The third kappa shape index (κ3) is 5.61. The summed E-state index contributed by atoms with van der Waals surface area (Å²) in [5, 5.41) is 12.9. The maximum absolute atomic E-state index is 11.3. The highest BCUT2D eigenvalue weighted by atomic mass is 16.5. The van der Waals surface area contributed by atoms with Crippen LogP contribution in [0.3, 0.4) is 0 Å². The highest BCUT2D eigenvalue weighted by Crippen LogP contribution is 2.21. The molecule has 0 spiro atoms. The Balaban J connectivity index is 2.22. The first kappa shape index (κ1) is 16.5. The number of ether oxygens (including phenoxy) is 1. The second kappa shape index (κ2) is 8.59. The van der Waals surface area contributed by atoms with Gasteiger partial charge in [-0.15, -0.1) is 0 Å². The number of carbonyl (C=O) groups excluding carboxylic acids is 1. The van der Waals surface area contributed by atoms with E-state index >= 15 is 0 Å². The van der Waals surface area contributed by atoms with Gasteiger partial charge in [0, 0.05) is 12.5 Å². The van der Waals surface area contributed by atoms with Crippen LogP contribution in [0.4, 0.5) is 0 Å². The maximum Gasteiger partial charge on any atom is 0.222 e. The number of nitrogens with one attached hydrogen (secondary N) is 1. The van der Waals surface area contributed by atoms with Crippen molar-refractivity contribution in [2.24, 2.45) is 5.92 Å². The van der Waals surface area contributed by atoms with Gasteiger partial charge in [-0.2, -0.15) is 0 Å². The number of aliphatic hydroxyl groups excluding tert-OH is 1. The molecule has 0 heterocycles. The molecule has 0 aliphatic heterocycles. The summed E-state index contributed by atoms with van der Waals surface area (Å²) < 4.78 is 5.08. The molecule has 4 heteroatoms. The molecule has 0 aromatic heterocycles. The Morgan fingerprint density at radius 3 is 2.45 bits per heavy atom. The van der Waals surface area contributed by atoms with Crippen molar-refractivity contribution in [1.82, 2.24) is 5.32 Å². The number of rotatable bonds is 8. The van der Waals surface area contributed by atoms with Crippen LogP contribution in [0.1, 0.15) is 44.8 Å². The number of amides is 1. The summed E-state index contributed by atoms with van der Waals surface area (Å²) in [5.74, 6) is 0.901. The van der Waals surface area contributed by atoms with E-state index in [9.17, 15) is 9.90 Å². The van der Waals surface area contributed by atoms with Gasteiger partial charge < -0.3 is 15.2 Å². The van der Waals surface area contributed by atoms with Crippen molar-refractivity contribution in [2.45, 2.75) is 39.2 Å². The number of benzene rings is 1. The predicted molar refractivity (Wildman–Crippen MR) is 79.7 cm³/mol. The van der Waals surface area contributed by atoms with Gasteiger partial charge in [0.1, 0.15) is 5.75 Å². The number of unbranched alkanes of at least 4 members (excludes halogenated alkanes) is 1. The Labute approximate surface area is 121 Å². The summed E-state index contributed by atoms with van der Waals surface area (Å²) in [6.45, 7) is 4.43. The molecule has 1 aromatic carbocycles. The van der Waals surface area contributed by atoms with E-state index in [0.29, 0.717) is 13.0 Å². The summed E-state index contributed by atoms with van der Waals surface area (Å²) in [7, 11) is 1.62. The number of carbonyl (C=O) groups is 1. The molecule has 2 N–H and O–H groups in total. The minimum Gasteiger partial charge on any atom is -0.497 e. The third-order valence-electron chi connectivity index (χ3n) is 3.23. The third-order valence-corrected chi connectivity index (χ3v) is 3.23. The standard InChI is InChI=1S/C16H25NO3/c1-12(2)16(19)17-11-5-4-6-15(18)13-7-9-14(20-3)10-8-13/h7-10,12,15,18H,4-6,11H2,1-3H3,(H,17,19). The zero-order valence-corrected chi connectivity index (χ0v) is 12.6. The van der Waals surface area contributed by atoms with Crippen LogP contribution < -0.4 is 10.1 Å².